The summed E-state index contributed by atoms with van der Waals surface area (Å²) in [5.74, 6) is 0.319. The molecule has 1 aromatic heterocycles. The molecule has 0 unspecified atom stereocenters. The molecule has 0 saturated carbocycles. The first kappa shape index (κ1) is 20.3. The third-order valence-electron chi connectivity index (χ3n) is 5.54. The van der Waals surface area contributed by atoms with Crippen LogP contribution in [0, 0.1) is 0 Å². The van der Waals surface area contributed by atoms with Gasteiger partial charge in [-0.15, -0.1) is 0 Å². The maximum atomic E-state index is 13.1. The largest absolute Gasteiger partial charge is 0.439 e. The third-order valence-corrected chi connectivity index (χ3v) is 5.80. The maximum absolute atomic E-state index is 13.1. The molecule has 162 valence electrons. The van der Waals surface area contributed by atoms with Crippen molar-refractivity contribution in [1.29, 1.82) is 0 Å². The van der Waals surface area contributed by atoms with E-state index in [-0.39, 0.29) is 11.9 Å². The monoisotopic (exact) mass is 450 g/mol. The Kier molecular flexibility index (Phi) is 5.14. The molecule has 2 fully saturated rings. The number of rotatable bonds is 4. The number of halogens is 1. The van der Waals surface area contributed by atoms with Crippen LogP contribution in [-0.4, -0.2) is 52.1 Å². The molecule has 0 aliphatic carbocycles. The summed E-state index contributed by atoms with van der Waals surface area (Å²) in [6.07, 6.45) is 3.32. The lowest BCUT2D eigenvalue weighted by atomic mass is 10.0. The number of hydrogen-bond donors (Lipinski definition) is 0. The van der Waals surface area contributed by atoms with E-state index in [4.69, 9.17) is 21.1 Å². The second-order valence-electron chi connectivity index (χ2n) is 7.75. The number of anilines is 1. The Labute approximate surface area is 189 Å². The molecule has 9 heteroatoms. The van der Waals surface area contributed by atoms with Crippen molar-refractivity contribution < 1.29 is 19.1 Å². The van der Waals surface area contributed by atoms with Gasteiger partial charge in [-0.25, -0.2) is 14.8 Å². The number of amides is 2. The minimum atomic E-state index is -0.724. The van der Waals surface area contributed by atoms with Gasteiger partial charge in [-0.2, -0.15) is 0 Å². The zero-order chi connectivity index (χ0) is 22.1. The van der Waals surface area contributed by atoms with Crippen LogP contribution in [0.3, 0.4) is 0 Å². The molecule has 2 saturated heterocycles. The smallest absolute Gasteiger partial charge is 0.415 e. The number of ether oxygens (including phenoxy) is 2. The minimum Gasteiger partial charge on any atom is -0.439 e. The average molecular weight is 451 g/mol. The summed E-state index contributed by atoms with van der Waals surface area (Å²) in [5.41, 5.74) is 0.474. The summed E-state index contributed by atoms with van der Waals surface area (Å²) >= 11 is 5.95. The predicted octanol–water partition coefficient (Wildman–Crippen LogP) is 4.16. The van der Waals surface area contributed by atoms with E-state index in [0.29, 0.717) is 48.1 Å². The van der Waals surface area contributed by atoms with Gasteiger partial charge in [-0.1, -0.05) is 17.7 Å². The van der Waals surface area contributed by atoms with Crippen LogP contribution < -0.4 is 9.64 Å². The van der Waals surface area contributed by atoms with Crippen LogP contribution in [0.4, 0.5) is 10.5 Å². The lowest BCUT2D eigenvalue weighted by Gasteiger charge is -2.22. The molecule has 5 rings (SSSR count). The molecular formula is C23H19ClN4O4. The van der Waals surface area contributed by atoms with E-state index in [2.05, 4.69) is 9.97 Å². The van der Waals surface area contributed by atoms with Crippen molar-refractivity contribution in [3.8, 4) is 11.8 Å². The Balaban J connectivity index is 1.28. The Bertz CT molecular complexity index is 1160. The molecular weight excluding hydrogens is 432 g/mol. The summed E-state index contributed by atoms with van der Waals surface area (Å²) in [4.78, 5) is 37.0. The van der Waals surface area contributed by atoms with Crippen molar-refractivity contribution in [2.75, 3.05) is 24.5 Å². The number of carbonyl (C=O) groups excluding carboxylic acids is 2. The number of benzene rings is 2. The van der Waals surface area contributed by atoms with Crippen molar-refractivity contribution in [2.45, 2.75) is 12.0 Å². The van der Waals surface area contributed by atoms with Gasteiger partial charge in [0.05, 0.1) is 13.1 Å². The summed E-state index contributed by atoms with van der Waals surface area (Å²) < 4.78 is 11.4. The SMILES string of the molecule is O=C(c1cccc(Oc2ncccn2)c1)N1CC[C@]2(C1)CN(c1ccc(Cl)cc1)C(=O)O2. The van der Waals surface area contributed by atoms with Gasteiger partial charge in [0, 0.05) is 41.6 Å². The van der Waals surface area contributed by atoms with Gasteiger partial charge in [-0.05, 0) is 48.5 Å². The highest BCUT2D eigenvalue weighted by Crippen LogP contribution is 2.36. The van der Waals surface area contributed by atoms with Gasteiger partial charge in [0.1, 0.15) is 5.75 Å². The van der Waals surface area contributed by atoms with Crippen molar-refractivity contribution >= 4 is 29.3 Å². The number of nitrogens with zero attached hydrogens (tertiary/aromatic N) is 4. The number of likely N-dealkylation sites (tertiary alicyclic amines) is 1. The molecule has 3 heterocycles. The van der Waals surface area contributed by atoms with E-state index in [1.54, 1.807) is 76.8 Å². The highest BCUT2D eigenvalue weighted by Gasteiger charge is 2.51. The van der Waals surface area contributed by atoms with Crippen LogP contribution in [0.2, 0.25) is 5.02 Å². The molecule has 3 aromatic rings. The van der Waals surface area contributed by atoms with Gasteiger partial charge < -0.3 is 14.4 Å². The van der Waals surface area contributed by atoms with Crippen LogP contribution in [0.1, 0.15) is 16.8 Å². The normalized spacial score (nSPS) is 20.0. The van der Waals surface area contributed by atoms with E-state index in [1.807, 2.05) is 0 Å². The van der Waals surface area contributed by atoms with Gasteiger partial charge in [0.2, 0.25) is 0 Å². The zero-order valence-corrected chi connectivity index (χ0v) is 17.7. The summed E-state index contributed by atoms with van der Waals surface area (Å²) in [5, 5.41) is 0.596. The van der Waals surface area contributed by atoms with E-state index in [9.17, 15) is 9.59 Å². The van der Waals surface area contributed by atoms with Crippen molar-refractivity contribution in [1.82, 2.24) is 14.9 Å². The van der Waals surface area contributed by atoms with Gasteiger partial charge in [0.15, 0.2) is 5.60 Å². The molecule has 0 radical (unpaired) electrons. The summed E-state index contributed by atoms with van der Waals surface area (Å²) in [7, 11) is 0. The zero-order valence-electron chi connectivity index (χ0n) is 17.0. The summed E-state index contributed by atoms with van der Waals surface area (Å²) in [6.45, 7) is 1.20. The lowest BCUT2D eigenvalue weighted by Crippen LogP contribution is -2.39. The maximum Gasteiger partial charge on any atom is 0.415 e. The summed E-state index contributed by atoms with van der Waals surface area (Å²) in [6, 6.07) is 15.8. The number of aromatic nitrogens is 2. The molecule has 1 spiro atoms. The fraction of sp³-hybridized carbons (Fsp3) is 0.217. The van der Waals surface area contributed by atoms with Crippen LogP contribution in [0.15, 0.2) is 67.0 Å². The van der Waals surface area contributed by atoms with Crippen molar-refractivity contribution in [2.24, 2.45) is 0 Å². The van der Waals surface area contributed by atoms with E-state index in [1.165, 1.54) is 0 Å². The average Bonchev–Trinajstić information content (AvgIpc) is 3.37. The quantitative estimate of drug-likeness (QED) is 0.593. The molecule has 0 bridgehead atoms. The standard InChI is InChI=1S/C23H19ClN4O4/c24-17-5-7-18(8-6-17)28-15-23(32-22(28)30)9-12-27(14-23)20(29)16-3-1-4-19(13-16)31-21-25-10-2-11-26-21/h1-8,10-11,13H,9,12,14-15H2/t23-/m0/s1. The Morgan fingerprint density at radius 3 is 2.62 bits per heavy atom. The highest BCUT2D eigenvalue weighted by molar-refractivity contribution is 6.30. The van der Waals surface area contributed by atoms with E-state index >= 15 is 0 Å². The molecule has 2 aliphatic heterocycles. The number of hydrogen-bond acceptors (Lipinski definition) is 6. The Morgan fingerprint density at radius 2 is 1.84 bits per heavy atom. The Morgan fingerprint density at radius 1 is 1.06 bits per heavy atom. The molecule has 2 amide bonds. The number of carbonyl (C=O) groups is 2. The second kappa shape index (κ2) is 8.12. The fourth-order valence-corrected chi connectivity index (χ4v) is 4.12. The van der Waals surface area contributed by atoms with E-state index < -0.39 is 11.7 Å². The van der Waals surface area contributed by atoms with Crippen LogP contribution >= 0.6 is 11.6 Å². The molecule has 0 N–H and O–H groups in total. The van der Waals surface area contributed by atoms with Crippen molar-refractivity contribution in [3.63, 3.8) is 0 Å². The van der Waals surface area contributed by atoms with Crippen molar-refractivity contribution in [3.05, 3.63) is 77.6 Å². The van der Waals surface area contributed by atoms with Crippen LogP contribution in [-0.2, 0) is 4.74 Å². The predicted molar refractivity (Wildman–Crippen MR) is 117 cm³/mol. The first-order valence-corrected chi connectivity index (χ1v) is 10.5. The van der Waals surface area contributed by atoms with Gasteiger partial charge in [-0.3, -0.25) is 9.69 Å². The molecule has 8 nitrogen and oxygen atoms in total. The van der Waals surface area contributed by atoms with E-state index in [0.717, 1.165) is 0 Å². The lowest BCUT2D eigenvalue weighted by molar-refractivity contribution is 0.0553. The molecule has 1 atom stereocenters. The third kappa shape index (κ3) is 3.97. The van der Waals surface area contributed by atoms with Crippen LogP contribution in [0.5, 0.6) is 11.8 Å². The Hall–Kier alpha value is -3.65. The van der Waals surface area contributed by atoms with Gasteiger partial charge >= 0.3 is 12.1 Å². The second-order valence-corrected chi connectivity index (χ2v) is 8.19. The molecule has 32 heavy (non-hydrogen) atoms. The topological polar surface area (TPSA) is 84.9 Å². The molecule has 2 aliphatic rings. The highest BCUT2D eigenvalue weighted by atomic mass is 35.5. The van der Waals surface area contributed by atoms with Crippen LogP contribution in [0.25, 0.3) is 0 Å². The first-order chi connectivity index (χ1) is 15.5. The first-order valence-electron chi connectivity index (χ1n) is 10.1. The fourth-order valence-electron chi connectivity index (χ4n) is 3.99. The van der Waals surface area contributed by atoms with Gasteiger partial charge in [0.25, 0.3) is 5.91 Å². The molecule has 2 aromatic carbocycles. The minimum absolute atomic E-state index is 0.151.